The SMILES string of the molecule is OC[C@H](Nc1nc(Cl)ncc1Br)C(O)c1ccccc1. The molecule has 1 unspecified atom stereocenters. The average molecular weight is 359 g/mol. The third-order valence-electron chi connectivity index (χ3n) is 2.76. The summed E-state index contributed by atoms with van der Waals surface area (Å²) in [4.78, 5) is 7.83. The van der Waals surface area contributed by atoms with Gasteiger partial charge in [-0.1, -0.05) is 30.3 Å². The van der Waals surface area contributed by atoms with Crippen LogP contribution < -0.4 is 5.32 Å². The van der Waals surface area contributed by atoms with Crippen molar-refractivity contribution in [3.63, 3.8) is 0 Å². The second-order valence-electron chi connectivity index (χ2n) is 4.12. The van der Waals surface area contributed by atoms with Gasteiger partial charge >= 0.3 is 0 Å². The molecule has 1 aromatic carbocycles. The van der Waals surface area contributed by atoms with Gasteiger partial charge in [-0.15, -0.1) is 0 Å². The Hall–Kier alpha value is -1.21. The highest BCUT2D eigenvalue weighted by atomic mass is 79.9. The van der Waals surface area contributed by atoms with Crippen LogP contribution in [0.25, 0.3) is 0 Å². The van der Waals surface area contributed by atoms with Crippen LogP contribution in [0.5, 0.6) is 0 Å². The van der Waals surface area contributed by atoms with E-state index in [2.05, 4.69) is 31.2 Å². The summed E-state index contributed by atoms with van der Waals surface area (Å²) in [5.74, 6) is 0.416. The predicted octanol–water partition coefficient (Wildman–Crippen LogP) is 2.40. The van der Waals surface area contributed by atoms with Crippen LogP contribution in [0, 0.1) is 0 Å². The van der Waals surface area contributed by atoms with Crippen molar-refractivity contribution in [2.75, 3.05) is 11.9 Å². The second-order valence-corrected chi connectivity index (χ2v) is 5.32. The normalized spacial score (nSPS) is 13.8. The number of aliphatic hydroxyl groups excluding tert-OH is 2. The Bertz CT molecular complexity index is 571. The van der Waals surface area contributed by atoms with E-state index in [4.69, 9.17) is 11.6 Å². The van der Waals surface area contributed by atoms with Gasteiger partial charge in [0, 0.05) is 6.20 Å². The zero-order valence-electron chi connectivity index (χ0n) is 10.4. The Morgan fingerprint density at radius 1 is 1.30 bits per heavy atom. The quantitative estimate of drug-likeness (QED) is 0.715. The molecule has 1 heterocycles. The van der Waals surface area contributed by atoms with Gasteiger partial charge in [-0.25, -0.2) is 4.98 Å². The van der Waals surface area contributed by atoms with Crippen molar-refractivity contribution in [3.05, 3.63) is 51.8 Å². The smallest absolute Gasteiger partial charge is 0.224 e. The summed E-state index contributed by atoms with van der Waals surface area (Å²) in [6, 6.07) is 8.47. The fourth-order valence-electron chi connectivity index (χ4n) is 1.73. The fourth-order valence-corrected chi connectivity index (χ4v) is 2.17. The molecule has 7 heteroatoms. The summed E-state index contributed by atoms with van der Waals surface area (Å²) < 4.78 is 0.598. The van der Waals surface area contributed by atoms with Crippen molar-refractivity contribution < 1.29 is 10.2 Å². The third kappa shape index (κ3) is 3.67. The number of aliphatic hydroxyl groups is 2. The minimum atomic E-state index is -0.873. The summed E-state index contributed by atoms with van der Waals surface area (Å²) in [7, 11) is 0. The van der Waals surface area contributed by atoms with Crippen molar-refractivity contribution in [2.24, 2.45) is 0 Å². The van der Waals surface area contributed by atoms with E-state index in [-0.39, 0.29) is 11.9 Å². The van der Waals surface area contributed by atoms with E-state index in [0.29, 0.717) is 15.9 Å². The van der Waals surface area contributed by atoms with Crippen molar-refractivity contribution >= 4 is 33.3 Å². The highest BCUT2D eigenvalue weighted by molar-refractivity contribution is 9.10. The van der Waals surface area contributed by atoms with Gasteiger partial charge in [0.2, 0.25) is 5.28 Å². The lowest BCUT2D eigenvalue weighted by Gasteiger charge is -2.23. The Kier molecular flexibility index (Phi) is 5.31. The lowest BCUT2D eigenvalue weighted by Crippen LogP contribution is -2.31. The van der Waals surface area contributed by atoms with Gasteiger partial charge in [0.05, 0.1) is 17.1 Å². The number of rotatable bonds is 5. The molecule has 0 saturated heterocycles. The molecule has 0 aliphatic rings. The maximum absolute atomic E-state index is 10.3. The van der Waals surface area contributed by atoms with Crippen LogP contribution in [0.4, 0.5) is 5.82 Å². The van der Waals surface area contributed by atoms with Crippen molar-refractivity contribution in [3.8, 4) is 0 Å². The average Bonchev–Trinajstić information content (AvgIpc) is 2.48. The highest BCUT2D eigenvalue weighted by Gasteiger charge is 2.21. The molecule has 106 valence electrons. The summed E-state index contributed by atoms with van der Waals surface area (Å²) in [5, 5.41) is 22.8. The number of nitrogens with one attached hydrogen (secondary N) is 1. The Morgan fingerprint density at radius 3 is 2.65 bits per heavy atom. The molecule has 0 fully saturated rings. The summed E-state index contributed by atoms with van der Waals surface area (Å²) >= 11 is 9.02. The number of hydrogen-bond acceptors (Lipinski definition) is 5. The first-order chi connectivity index (χ1) is 9.61. The Morgan fingerprint density at radius 2 is 2.00 bits per heavy atom. The number of aromatic nitrogens is 2. The number of nitrogens with zero attached hydrogens (tertiary/aromatic N) is 2. The molecule has 3 N–H and O–H groups in total. The van der Waals surface area contributed by atoms with Gasteiger partial charge in [-0.3, -0.25) is 0 Å². The van der Waals surface area contributed by atoms with Gasteiger partial charge in [0.25, 0.3) is 0 Å². The van der Waals surface area contributed by atoms with Gasteiger partial charge in [-0.2, -0.15) is 4.98 Å². The van der Waals surface area contributed by atoms with Gasteiger partial charge in [0.1, 0.15) is 11.9 Å². The first-order valence-corrected chi connectivity index (χ1v) is 7.07. The van der Waals surface area contributed by atoms with Gasteiger partial charge in [0.15, 0.2) is 0 Å². The van der Waals surface area contributed by atoms with E-state index in [1.807, 2.05) is 18.2 Å². The van der Waals surface area contributed by atoms with Crippen LogP contribution >= 0.6 is 27.5 Å². The van der Waals surface area contributed by atoms with Crippen LogP contribution in [0.15, 0.2) is 41.0 Å². The molecular weight excluding hydrogens is 346 g/mol. The van der Waals surface area contributed by atoms with Crippen LogP contribution in [0.1, 0.15) is 11.7 Å². The van der Waals surface area contributed by atoms with E-state index in [1.54, 1.807) is 12.1 Å². The highest BCUT2D eigenvalue weighted by Crippen LogP contribution is 2.24. The van der Waals surface area contributed by atoms with E-state index in [9.17, 15) is 10.2 Å². The fraction of sp³-hybridized carbons (Fsp3) is 0.231. The summed E-state index contributed by atoms with van der Waals surface area (Å²) in [6.45, 7) is -0.260. The van der Waals surface area contributed by atoms with Crippen molar-refractivity contribution in [1.29, 1.82) is 0 Å². The molecule has 0 aliphatic heterocycles. The molecule has 0 aliphatic carbocycles. The minimum Gasteiger partial charge on any atom is -0.394 e. The standard InChI is InChI=1S/C13H13BrClN3O2/c14-9-6-16-13(15)18-12(9)17-10(7-19)11(20)8-4-2-1-3-5-8/h1-6,10-11,19-20H,7H2,(H,16,17,18)/t10-,11?/m0/s1. The maximum Gasteiger partial charge on any atom is 0.224 e. The van der Waals surface area contributed by atoms with E-state index >= 15 is 0 Å². The van der Waals surface area contributed by atoms with E-state index in [1.165, 1.54) is 6.20 Å². The Labute approximate surface area is 129 Å². The molecule has 0 radical (unpaired) electrons. The molecule has 2 rings (SSSR count). The first-order valence-electron chi connectivity index (χ1n) is 5.90. The summed E-state index contributed by atoms with van der Waals surface area (Å²) in [5.41, 5.74) is 0.704. The van der Waals surface area contributed by atoms with Crippen LogP contribution in [-0.4, -0.2) is 32.8 Å². The molecule has 2 atom stereocenters. The Balaban J connectivity index is 2.18. The lowest BCUT2D eigenvalue weighted by atomic mass is 10.0. The molecular formula is C13H13BrClN3O2. The van der Waals surface area contributed by atoms with Crippen molar-refractivity contribution in [2.45, 2.75) is 12.1 Å². The van der Waals surface area contributed by atoms with E-state index < -0.39 is 12.1 Å². The molecule has 20 heavy (non-hydrogen) atoms. The lowest BCUT2D eigenvalue weighted by molar-refractivity contribution is 0.118. The van der Waals surface area contributed by atoms with E-state index in [0.717, 1.165) is 0 Å². The second kappa shape index (κ2) is 6.99. The van der Waals surface area contributed by atoms with Crippen molar-refractivity contribution in [1.82, 2.24) is 9.97 Å². The topological polar surface area (TPSA) is 78.3 Å². The van der Waals surface area contributed by atoms with Crippen LogP contribution in [-0.2, 0) is 0 Å². The molecule has 1 aromatic heterocycles. The largest absolute Gasteiger partial charge is 0.394 e. The molecule has 0 spiro atoms. The summed E-state index contributed by atoms with van der Waals surface area (Å²) in [6.07, 6.45) is 0.628. The number of benzene rings is 1. The van der Waals surface area contributed by atoms with Crippen LogP contribution in [0.3, 0.4) is 0 Å². The number of hydrogen-bond donors (Lipinski definition) is 3. The molecule has 0 amide bonds. The minimum absolute atomic E-state index is 0.0848. The predicted molar refractivity (Wildman–Crippen MR) is 80.6 cm³/mol. The zero-order chi connectivity index (χ0) is 14.5. The van der Waals surface area contributed by atoms with Gasteiger partial charge in [-0.05, 0) is 33.1 Å². The molecule has 0 bridgehead atoms. The molecule has 0 saturated carbocycles. The molecule has 2 aromatic rings. The van der Waals surface area contributed by atoms with Gasteiger partial charge < -0.3 is 15.5 Å². The number of anilines is 1. The third-order valence-corrected chi connectivity index (χ3v) is 3.52. The first kappa shape index (κ1) is 15.2. The molecule has 5 nitrogen and oxygen atoms in total. The zero-order valence-corrected chi connectivity index (χ0v) is 12.7. The number of halogens is 2. The van der Waals surface area contributed by atoms with Crippen LogP contribution in [0.2, 0.25) is 5.28 Å². The maximum atomic E-state index is 10.3. The monoisotopic (exact) mass is 357 g/mol.